The Morgan fingerprint density at radius 1 is 1.41 bits per heavy atom. The maximum Gasteiger partial charge on any atom is 0.323 e. The minimum absolute atomic E-state index is 0.0917. The molecule has 1 fully saturated rings. The van der Waals surface area contributed by atoms with Crippen LogP contribution >= 0.6 is 11.8 Å². The standard InChI is InChI=1S/C13H25NO2S/c1-9-4-5-11(8-10(9)2)16-13(15)12(14)6-7-17-3/h9-12H,4-8,14H2,1-3H3/t9?,10?,11?,12-/m1/s1. The zero-order valence-corrected chi connectivity index (χ0v) is 12.0. The van der Waals surface area contributed by atoms with Gasteiger partial charge in [-0.1, -0.05) is 13.8 Å². The van der Waals surface area contributed by atoms with Crippen molar-refractivity contribution in [1.82, 2.24) is 0 Å². The molecule has 0 bridgehead atoms. The normalized spacial score (nSPS) is 30.9. The zero-order chi connectivity index (χ0) is 12.8. The van der Waals surface area contributed by atoms with Gasteiger partial charge in [0, 0.05) is 0 Å². The van der Waals surface area contributed by atoms with E-state index in [9.17, 15) is 4.79 Å². The molecule has 2 N–H and O–H groups in total. The molecule has 0 spiro atoms. The van der Waals surface area contributed by atoms with Gasteiger partial charge in [-0.05, 0) is 49.5 Å². The molecule has 1 aliphatic carbocycles. The number of carbonyl (C=O) groups excluding carboxylic acids is 1. The molecule has 1 rings (SSSR count). The van der Waals surface area contributed by atoms with Crippen molar-refractivity contribution in [2.24, 2.45) is 17.6 Å². The number of rotatable bonds is 5. The van der Waals surface area contributed by atoms with Crippen molar-refractivity contribution < 1.29 is 9.53 Å². The Morgan fingerprint density at radius 2 is 2.12 bits per heavy atom. The van der Waals surface area contributed by atoms with Crippen molar-refractivity contribution in [3.8, 4) is 0 Å². The molecule has 0 radical (unpaired) electrons. The number of thioether (sulfide) groups is 1. The molecule has 0 aromatic rings. The van der Waals surface area contributed by atoms with Gasteiger partial charge in [-0.15, -0.1) is 0 Å². The summed E-state index contributed by atoms with van der Waals surface area (Å²) in [5.41, 5.74) is 5.79. The van der Waals surface area contributed by atoms with Gasteiger partial charge in [0.05, 0.1) is 0 Å². The molecule has 100 valence electrons. The van der Waals surface area contributed by atoms with E-state index in [1.165, 1.54) is 0 Å². The van der Waals surface area contributed by atoms with Crippen LogP contribution in [0.15, 0.2) is 0 Å². The van der Waals surface area contributed by atoms with Gasteiger partial charge in [0.2, 0.25) is 0 Å². The first-order valence-electron chi connectivity index (χ1n) is 6.49. The molecule has 3 unspecified atom stereocenters. The van der Waals surface area contributed by atoms with Crippen LogP contribution in [0.2, 0.25) is 0 Å². The Balaban J connectivity index is 2.31. The lowest BCUT2D eigenvalue weighted by molar-refractivity contribution is -0.153. The third-order valence-electron chi connectivity index (χ3n) is 3.77. The van der Waals surface area contributed by atoms with Gasteiger partial charge in [-0.3, -0.25) is 4.79 Å². The summed E-state index contributed by atoms with van der Waals surface area (Å²) < 4.78 is 5.50. The molecule has 0 saturated heterocycles. The quantitative estimate of drug-likeness (QED) is 0.770. The van der Waals surface area contributed by atoms with Crippen molar-refractivity contribution >= 4 is 17.7 Å². The third kappa shape index (κ3) is 4.88. The number of nitrogens with two attached hydrogens (primary N) is 1. The summed E-state index contributed by atoms with van der Waals surface area (Å²) in [6, 6.07) is -0.447. The Labute approximate surface area is 109 Å². The van der Waals surface area contributed by atoms with Gasteiger partial charge in [-0.2, -0.15) is 11.8 Å². The second kappa shape index (κ2) is 7.27. The monoisotopic (exact) mass is 259 g/mol. The minimum atomic E-state index is -0.447. The summed E-state index contributed by atoms with van der Waals surface area (Å²) in [6.45, 7) is 4.51. The summed E-state index contributed by atoms with van der Waals surface area (Å²) in [5, 5.41) is 0. The van der Waals surface area contributed by atoms with Gasteiger partial charge >= 0.3 is 5.97 Å². The highest BCUT2D eigenvalue weighted by Crippen LogP contribution is 2.31. The average molecular weight is 259 g/mol. The number of hydrogen-bond acceptors (Lipinski definition) is 4. The van der Waals surface area contributed by atoms with E-state index in [-0.39, 0.29) is 12.1 Å². The van der Waals surface area contributed by atoms with Crippen LogP contribution in [0.3, 0.4) is 0 Å². The molecule has 3 nitrogen and oxygen atoms in total. The molecule has 4 atom stereocenters. The van der Waals surface area contributed by atoms with Crippen LogP contribution in [-0.4, -0.2) is 30.1 Å². The van der Waals surface area contributed by atoms with Gasteiger partial charge < -0.3 is 10.5 Å². The molecule has 0 aromatic carbocycles. The van der Waals surface area contributed by atoms with E-state index in [2.05, 4.69) is 13.8 Å². The van der Waals surface area contributed by atoms with Crippen LogP contribution < -0.4 is 5.73 Å². The molecule has 1 saturated carbocycles. The first-order valence-corrected chi connectivity index (χ1v) is 7.89. The van der Waals surface area contributed by atoms with Crippen LogP contribution in [-0.2, 0) is 9.53 Å². The SMILES string of the molecule is CSCC[C@@H](N)C(=O)OC1CCC(C)C(C)C1. The van der Waals surface area contributed by atoms with E-state index in [1.54, 1.807) is 11.8 Å². The Kier molecular flexibility index (Phi) is 6.34. The predicted molar refractivity (Wildman–Crippen MR) is 73.0 cm³/mol. The molecule has 4 heteroatoms. The summed E-state index contributed by atoms with van der Waals surface area (Å²) >= 11 is 1.71. The van der Waals surface area contributed by atoms with Crippen LogP contribution in [0.4, 0.5) is 0 Å². The third-order valence-corrected chi connectivity index (χ3v) is 4.41. The Bertz CT molecular complexity index is 248. The van der Waals surface area contributed by atoms with Crippen molar-refractivity contribution in [2.75, 3.05) is 12.0 Å². The van der Waals surface area contributed by atoms with Crippen LogP contribution in [0, 0.1) is 11.8 Å². The summed E-state index contributed by atoms with van der Waals surface area (Å²) in [4.78, 5) is 11.7. The van der Waals surface area contributed by atoms with E-state index in [0.29, 0.717) is 12.3 Å². The van der Waals surface area contributed by atoms with E-state index in [4.69, 9.17) is 10.5 Å². The minimum Gasteiger partial charge on any atom is -0.461 e. The topological polar surface area (TPSA) is 52.3 Å². The highest BCUT2D eigenvalue weighted by atomic mass is 32.2. The fourth-order valence-corrected chi connectivity index (χ4v) is 2.71. The second-order valence-electron chi connectivity index (χ2n) is 5.21. The fraction of sp³-hybridized carbons (Fsp3) is 0.923. The Morgan fingerprint density at radius 3 is 2.71 bits per heavy atom. The smallest absolute Gasteiger partial charge is 0.323 e. The van der Waals surface area contributed by atoms with Crippen LogP contribution in [0.25, 0.3) is 0 Å². The van der Waals surface area contributed by atoms with Crippen molar-refractivity contribution in [3.63, 3.8) is 0 Å². The molecule has 0 heterocycles. The van der Waals surface area contributed by atoms with Gasteiger partial charge in [0.15, 0.2) is 0 Å². The number of esters is 1. The van der Waals surface area contributed by atoms with Gasteiger partial charge in [-0.25, -0.2) is 0 Å². The summed E-state index contributed by atoms with van der Waals surface area (Å²) in [6.07, 6.45) is 5.95. The lowest BCUT2D eigenvalue weighted by Gasteiger charge is -2.32. The molecule has 0 aliphatic heterocycles. The van der Waals surface area contributed by atoms with E-state index < -0.39 is 6.04 Å². The zero-order valence-electron chi connectivity index (χ0n) is 11.1. The van der Waals surface area contributed by atoms with Crippen molar-refractivity contribution in [3.05, 3.63) is 0 Å². The second-order valence-corrected chi connectivity index (χ2v) is 6.20. The molecule has 1 aliphatic rings. The highest BCUT2D eigenvalue weighted by molar-refractivity contribution is 7.98. The van der Waals surface area contributed by atoms with Gasteiger partial charge in [0.25, 0.3) is 0 Å². The molecule has 17 heavy (non-hydrogen) atoms. The summed E-state index contributed by atoms with van der Waals surface area (Å²) in [5.74, 6) is 2.08. The lowest BCUT2D eigenvalue weighted by atomic mass is 9.80. The molecule has 0 amide bonds. The highest BCUT2D eigenvalue weighted by Gasteiger charge is 2.28. The van der Waals surface area contributed by atoms with Crippen LogP contribution in [0.5, 0.6) is 0 Å². The summed E-state index contributed by atoms with van der Waals surface area (Å²) in [7, 11) is 0. The van der Waals surface area contributed by atoms with E-state index in [1.807, 2.05) is 6.26 Å². The van der Waals surface area contributed by atoms with Crippen LogP contribution in [0.1, 0.15) is 39.5 Å². The van der Waals surface area contributed by atoms with E-state index in [0.717, 1.165) is 30.9 Å². The first-order chi connectivity index (χ1) is 8.04. The number of carbonyl (C=O) groups is 1. The van der Waals surface area contributed by atoms with Crippen molar-refractivity contribution in [1.29, 1.82) is 0 Å². The van der Waals surface area contributed by atoms with Gasteiger partial charge in [0.1, 0.15) is 12.1 Å². The molecular weight excluding hydrogens is 234 g/mol. The largest absolute Gasteiger partial charge is 0.461 e. The first kappa shape index (κ1) is 14.8. The fourth-order valence-electron chi connectivity index (χ4n) is 2.22. The molecular formula is C13H25NO2S. The lowest BCUT2D eigenvalue weighted by Crippen LogP contribution is -2.37. The number of hydrogen-bond donors (Lipinski definition) is 1. The van der Waals surface area contributed by atoms with E-state index >= 15 is 0 Å². The average Bonchev–Trinajstić information content (AvgIpc) is 2.30. The predicted octanol–water partition coefficient (Wildman–Crippen LogP) is 2.43. The number of ether oxygens (including phenoxy) is 1. The molecule has 0 aromatic heterocycles. The maximum absolute atomic E-state index is 11.7. The Hall–Kier alpha value is -0.220. The van der Waals surface area contributed by atoms with Crippen molar-refractivity contribution in [2.45, 2.75) is 51.7 Å². The maximum atomic E-state index is 11.7.